The summed E-state index contributed by atoms with van der Waals surface area (Å²) in [5.74, 6) is 0.674. The number of nitriles is 1. The molecule has 1 aromatic carbocycles. The quantitative estimate of drug-likeness (QED) is 0.837. The molecule has 0 N–H and O–H groups in total. The highest BCUT2D eigenvalue weighted by atomic mass is 35.5. The van der Waals surface area contributed by atoms with Gasteiger partial charge < -0.3 is 0 Å². The van der Waals surface area contributed by atoms with Crippen LogP contribution in [0.1, 0.15) is 32.3 Å². The Balaban J connectivity index is 2.19. The van der Waals surface area contributed by atoms with Crippen molar-refractivity contribution in [3.05, 3.63) is 34.9 Å². The maximum Gasteiger partial charge on any atom is 0.110 e. The summed E-state index contributed by atoms with van der Waals surface area (Å²) in [7, 11) is 0. The predicted molar refractivity (Wildman–Crippen MR) is 79.1 cm³/mol. The topological polar surface area (TPSA) is 27.0 Å². The van der Waals surface area contributed by atoms with Gasteiger partial charge in [0.15, 0.2) is 0 Å². The number of nitrogens with zero attached hydrogens (tertiary/aromatic N) is 2. The first-order valence-corrected chi connectivity index (χ1v) is 7.32. The lowest BCUT2D eigenvalue weighted by Crippen LogP contribution is -2.51. The van der Waals surface area contributed by atoms with E-state index in [1.165, 1.54) is 12.8 Å². The number of likely N-dealkylation sites (tertiary alicyclic amines) is 1. The smallest absolute Gasteiger partial charge is 0.110 e. The van der Waals surface area contributed by atoms with Crippen molar-refractivity contribution < 1.29 is 0 Å². The summed E-state index contributed by atoms with van der Waals surface area (Å²) in [4.78, 5) is 2.32. The zero-order valence-electron chi connectivity index (χ0n) is 11.7. The summed E-state index contributed by atoms with van der Waals surface area (Å²) in [6.07, 6.45) is 3.14. The molecule has 3 heteroatoms. The summed E-state index contributed by atoms with van der Waals surface area (Å²) < 4.78 is 0. The Hall–Kier alpha value is -1.04. The molecule has 1 aromatic rings. The van der Waals surface area contributed by atoms with E-state index in [1.54, 1.807) is 0 Å². The van der Waals surface area contributed by atoms with Crippen LogP contribution in [0, 0.1) is 17.2 Å². The molecule has 1 aliphatic rings. The largest absolute Gasteiger partial charge is 0.285 e. The molecule has 1 heterocycles. The van der Waals surface area contributed by atoms with E-state index in [4.69, 9.17) is 11.6 Å². The Kier molecular flexibility index (Phi) is 4.50. The van der Waals surface area contributed by atoms with Crippen molar-refractivity contribution in [1.29, 1.82) is 5.26 Å². The van der Waals surface area contributed by atoms with Crippen molar-refractivity contribution >= 4 is 11.6 Å². The highest BCUT2D eigenvalue weighted by Gasteiger charge is 2.35. The third-order valence-electron chi connectivity index (χ3n) is 4.09. The monoisotopic (exact) mass is 276 g/mol. The number of halogens is 1. The van der Waals surface area contributed by atoms with Gasteiger partial charge >= 0.3 is 0 Å². The van der Waals surface area contributed by atoms with Crippen LogP contribution < -0.4 is 0 Å². The summed E-state index contributed by atoms with van der Waals surface area (Å²) in [5.41, 5.74) is 0.603. The number of hydrogen-bond acceptors (Lipinski definition) is 2. The summed E-state index contributed by atoms with van der Waals surface area (Å²) in [6.45, 7) is 6.32. The highest BCUT2D eigenvalue weighted by Crippen LogP contribution is 2.29. The van der Waals surface area contributed by atoms with Crippen LogP contribution in [0.2, 0.25) is 5.02 Å². The Morgan fingerprint density at radius 3 is 2.84 bits per heavy atom. The Morgan fingerprint density at radius 1 is 1.47 bits per heavy atom. The molecule has 0 amide bonds. The molecule has 102 valence electrons. The minimum absolute atomic E-state index is 0.459. The van der Waals surface area contributed by atoms with Crippen LogP contribution >= 0.6 is 11.6 Å². The van der Waals surface area contributed by atoms with Gasteiger partial charge in [0.25, 0.3) is 0 Å². The van der Waals surface area contributed by atoms with Gasteiger partial charge in [-0.25, -0.2) is 0 Å². The normalized spacial score (nSPS) is 23.6. The van der Waals surface area contributed by atoms with Gasteiger partial charge in [-0.3, -0.25) is 4.90 Å². The van der Waals surface area contributed by atoms with Crippen LogP contribution in [-0.4, -0.2) is 23.5 Å². The van der Waals surface area contributed by atoms with Crippen molar-refractivity contribution in [2.45, 2.75) is 38.6 Å². The summed E-state index contributed by atoms with van der Waals surface area (Å²) in [6, 6.07) is 10.3. The average Bonchev–Trinajstić information content (AvgIpc) is 2.41. The molecular formula is C16H21ClN2. The maximum absolute atomic E-state index is 9.64. The van der Waals surface area contributed by atoms with Crippen LogP contribution in [0.4, 0.5) is 0 Å². The van der Waals surface area contributed by atoms with Crippen molar-refractivity contribution in [2.75, 3.05) is 13.1 Å². The maximum atomic E-state index is 9.64. The van der Waals surface area contributed by atoms with Gasteiger partial charge in [0.1, 0.15) is 5.54 Å². The van der Waals surface area contributed by atoms with Crippen LogP contribution in [0.15, 0.2) is 24.3 Å². The van der Waals surface area contributed by atoms with Crippen LogP contribution in [0.3, 0.4) is 0 Å². The van der Waals surface area contributed by atoms with Crippen molar-refractivity contribution in [3.8, 4) is 6.07 Å². The van der Waals surface area contributed by atoms with E-state index in [2.05, 4.69) is 17.9 Å². The van der Waals surface area contributed by atoms with Crippen LogP contribution in [-0.2, 0) is 6.42 Å². The highest BCUT2D eigenvalue weighted by molar-refractivity contribution is 6.31. The van der Waals surface area contributed by atoms with E-state index in [0.29, 0.717) is 12.3 Å². The summed E-state index contributed by atoms with van der Waals surface area (Å²) in [5, 5.41) is 10.4. The Bertz CT molecular complexity index is 480. The zero-order valence-corrected chi connectivity index (χ0v) is 12.5. The molecule has 0 aliphatic carbocycles. The van der Waals surface area contributed by atoms with Gasteiger partial charge in [-0.1, -0.05) is 36.7 Å². The van der Waals surface area contributed by atoms with Gasteiger partial charge in [0.05, 0.1) is 6.07 Å². The van der Waals surface area contributed by atoms with E-state index in [-0.39, 0.29) is 0 Å². The second-order valence-corrected chi connectivity index (χ2v) is 6.25. The second kappa shape index (κ2) is 5.94. The van der Waals surface area contributed by atoms with Gasteiger partial charge in [-0.2, -0.15) is 5.26 Å². The first-order chi connectivity index (χ1) is 9.05. The molecule has 2 nitrogen and oxygen atoms in total. The minimum Gasteiger partial charge on any atom is -0.285 e. The summed E-state index contributed by atoms with van der Waals surface area (Å²) >= 11 is 6.23. The molecule has 19 heavy (non-hydrogen) atoms. The predicted octanol–water partition coefficient (Wildman–Crippen LogP) is 3.90. The molecule has 2 rings (SSSR count). The SMILES string of the molecule is CC1CCCN(C(C)(C#N)Cc2ccccc2Cl)C1. The van der Waals surface area contributed by atoms with E-state index in [9.17, 15) is 5.26 Å². The molecule has 0 spiro atoms. The minimum atomic E-state index is -0.459. The van der Waals surface area contributed by atoms with Crippen LogP contribution in [0.5, 0.6) is 0 Å². The number of hydrogen-bond donors (Lipinski definition) is 0. The van der Waals surface area contributed by atoms with E-state index < -0.39 is 5.54 Å². The van der Waals surface area contributed by atoms with Gasteiger partial charge in [0.2, 0.25) is 0 Å². The van der Waals surface area contributed by atoms with Crippen molar-refractivity contribution in [3.63, 3.8) is 0 Å². The molecule has 1 saturated heterocycles. The number of benzene rings is 1. The molecule has 1 fully saturated rings. The van der Waals surface area contributed by atoms with Crippen molar-refractivity contribution in [1.82, 2.24) is 4.90 Å². The van der Waals surface area contributed by atoms with E-state index >= 15 is 0 Å². The average molecular weight is 277 g/mol. The lowest BCUT2D eigenvalue weighted by atomic mass is 9.88. The molecule has 0 saturated carbocycles. The molecule has 0 radical (unpaired) electrons. The molecule has 2 atom stereocenters. The molecule has 1 aliphatic heterocycles. The second-order valence-electron chi connectivity index (χ2n) is 5.85. The third kappa shape index (κ3) is 3.29. The first-order valence-electron chi connectivity index (χ1n) is 6.95. The Labute approximate surface area is 121 Å². The standard InChI is InChI=1S/C16H21ClN2/c1-13-6-5-9-19(11-13)16(2,12-18)10-14-7-3-4-8-15(14)17/h3-4,7-8,13H,5-6,9-11H2,1-2H3. The fourth-order valence-corrected chi connectivity index (χ4v) is 3.07. The molecule has 0 aromatic heterocycles. The van der Waals surface area contributed by atoms with E-state index in [0.717, 1.165) is 23.7 Å². The van der Waals surface area contributed by atoms with Gasteiger partial charge in [0, 0.05) is 18.0 Å². The fraction of sp³-hybridized carbons (Fsp3) is 0.562. The third-order valence-corrected chi connectivity index (χ3v) is 4.46. The zero-order chi connectivity index (χ0) is 13.9. The van der Waals surface area contributed by atoms with Gasteiger partial charge in [-0.05, 0) is 43.9 Å². The Morgan fingerprint density at radius 2 is 2.21 bits per heavy atom. The van der Waals surface area contributed by atoms with Gasteiger partial charge in [-0.15, -0.1) is 0 Å². The molecule has 0 bridgehead atoms. The van der Waals surface area contributed by atoms with Crippen molar-refractivity contribution in [2.24, 2.45) is 5.92 Å². The lowest BCUT2D eigenvalue weighted by Gasteiger charge is -2.41. The molecular weight excluding hydrogens is 256 g/mol. The number of piperidine rings is 1. The first kappa shape index (κ1) is 14.4. The fourth-order valence-electron chi connectivity index (χ4n) is 2.87. The van der Waals surface area contributed by atoms with E-state index in [1.807, 2.05) is 31.2 Å². The van der Waals surface area contributed by atoms with Crippen LogP contribution in [0.25, 0.3) is 0 Å². The number of rotatable bonds is 3. The lowest BCUT2D eigenvalue weighted by molar-refractivity contribution is 0.0959. The molecule has 2 unspecified atom stereocenters.